The molecule has 0 radical (unpaired) electrons. The molecule has 2 saturated heterocycles. The maximum Gasteiger partial charge on any atom is 0.421 e. The van der Waals surface area contributed by atoms with E-state index in [0.29, 0.717) is 31.8 Å². The Morgan fingerprint density at radius 1 is 1.22 bits per heavy atom. The fourth-order valence-electron chi connectivity index (χ4n) is 4.51. The van der Waals surface area contributed by atoms with Crippen LogP contribution in [-0.4, -0.2) is 41.5 Å². The quantitative estimate of drug-likeness (QED) is 0.411. The third kappa shape index (κ3) is 5.07. The summed E-state index contributed by atoms with van der Waals surface area (Å²) < 4.78 is 42.3. The van der Waals surface area contributed by atoms with Crippen LogP contribution in [0, 0.1) is 0 Å². The van der Waals surface area contributed by atoms with Crippen LogP contribution in [0.1, 0.15) is 42.7 Å². The van der Waals surface area contributed by atoms with Crippen LogP contribution in [0.3, 0.4) is 0 Å². The molecule has 3 N–H and O–H groups in total. The Morgan fingerprint density at radius 3 is 2.59 bits per heavy atom. The third-order valence-corrected chi connectivity index (χ3v) is 6.31. The molecule has 2 aromatic rings. The number of rotatable bonds is 8. The number of hydrogen-bond acceptors (Lipinski definition) is 5. The molecule has 0 bridgehead atoms. The molecule has 8 heteroatoms. The van der Waals surface area contributed by atoms with E-state index in [2.05, 4.69) is 34.3 Å². The number of pyridine rings is 1. The summed E-state index contributed by atoms with van der Waals surface area (Å²) in [6, 6.07) is 11.3. The highest BCUT2D eigenvalue weighted by Gasteiger charge is 2.45. The average Bonchev–Trinajstić information content (AvgIpc) is 3.56. The Labute approximate surface area is 186 Å². The van der Waals surface area contributed by atoms with E-state index in [1.165, 1.54) is 17.8 Å². The first kappa shape index (κ1) is 22.6. The molecule has 2 aliphatic heterocycles. The second kappa shape index (κ2) is 9.50. The van der Waals surface area contributed by atoms with Gasteiger partial charge in [-0.25, -0.2) is 4.98 Å². The molecule has 3 heterocycles. The molecular weight excluding hydrogens is 417 g/mol. The third-order valence-electron chi connectivity index (χ3n) is 6.31. The number of aromatic nitrogens is 1. The highest BCUT2D eigenvalue weighted by molar-refractivity contribution is 5.65. The van der Waals surface area contributed by atoms with Gasteiger partial charge in [-0.05, 0) is 43.2 Å². The molecule has 2 fully saturated rings. The Bertz CT molecular complexity index is 913. The van der Waals surface area contributed by atoms with Crippen molar-refractivity contribution in [3.8, 4) is 0 Å². The van der Waals surface area contributed by atoms with Gasteiger partial charge in [0.15, 0.2) is 0 Å². The van der Waals surface area contributed by atoms with Gasteiger partial charge < -0.3 is 15.3 Å². The summed E-state index contributed by atoms with van der Waals surface area (Å²) in [5, 5.41) is 16.0. The van der Waals surface area contributed by atoms with Crippen LogP contribution in [0.15, 0.2) is 55.3 Å². The predicted molar refractivity (Wildman–Crippen MR) is 120 cm³/mol. The van der Waals surface area contributed by atoms with Crippen molar-refractivity contribution in [3.63, 3.8) is 0 Å². The van der Waals surface area contributed by atoms with E-state index >= 15 is 0 Å². The number of aliphatic hydroxyl groups is 1. The normalized spacial score (nSPS) is 22.4. The zero-order chi connectivity index (χ0) is 22.7. The van der Waals surface area contributed by atoms with E-state index in [4.69, 9.17) is 0 Å². The summed E-state index contributed by atoms with van der Waals surface area (Å²) >= 11 is 0. The van der Waals surface area contributed by atoms with Crippen molar-refractivity contribution in [2.75, 3.05) is 23.3 Å². The fourth-order valence-corrected chi connectivity index (χ4v) is 4.51. The maximum absolute atomic E-state index is 14.1. The minimum atomic E-state index is -4.55. The molecule has 0 aliphatic carbocycles. The number of nitrogens with one attached hydrogen (secondary N) is 2. The molecule has 1 aromatic heterocycles. The highest BCUT2D eigenvalue weighted by atomic mass is 19.4. The molecule has 4 rings (SSSR count). The van der Waals surface area contributed by atoms with E-state index in [-0.39, 0.29) is 17.5 Å². The Hall–Kier alpha value is -2.58. The van der Waals surface area contributed by atoms with E-state index in [1.807, 2.05) is 23.1 Å². The molecule has 5 nitrogen and oxygen atoms in total. The molecule has 32 heavy (non-hydrogen) atoms. The fraction of sp³-hybridized carbons (Fsp3) is 0.458. The average molecular weight is 447 g/mol. The van der Waals surface area contributed by atoms with Crippen molar-refractivity contribution in [2.24, 2.45) is 0 Å². The van der Waals surface area contributed by atoms with E-state index in [1.54, 1.807) is 6.08 Å². The van der Waals surface area contributed by atoms with Crippen molar-refractivity contribution in [2.45, 2.75) is 56.1 Å². The van der Waals surface area contributed by atoms with Crippen molar-refractivity contribution >= 4 is 11.5 Å². The molecule has 2 aliphatic rings. The zero-order valence-electron chi connectivity index (χ0n) is 17.9. The number of benzene rings is 1. The van der Waals surface area contributed by atoms with Crippen LogP contribution >= 0.6 is 0 Å². The number of alkyl halides is 3. The number of piperidine rings is 1. The summed E-state index contributed by atoms with van der Waals surface area (Å²) in [6.07, 6.45) is 0.240. The Morgan fingerprint density at radius 2 is 1.94 bits per heavy atom. The summed E-state index contributed by atoms with van der Waals surface area (Å²) in [4.78, 5) is 5.82. The van der Waals surface area contributed by atoms with Gasteiger partial charge in [0.2, 0.25) is 0 Å². The molecule has 3 atom stereocenters. The van der Waals surface area contributed by atoms with Crippen LogP contribution < -0.4 is 15.5 Å². The summed E-state index contributed by atoms with van der Waals surface area (Å²) in [6.45, 7) is 4.73. The first-order valence-electron chi connectivity index (χ1n) is 11.1. The van der Waals surface area contributed by atoms with Crippen molar-refractivity contribution in [1.82, 2.24) is 10.3 Å². The molecule has 0 spiro atoms. The minimum Gasteiger partial charge on any atom is -0.391 e. The SMILES string of the molecule is C=CCCC(O)C1N[C@@H]1Nc1nccc(N2CCC(c3ccccc3)CC2)c1C(F)(F)F. The number of anilines is 2. The van der Waals surface area contributed by atoms with E-state index in [0.717, 1.165) is 12.8 Å². The number of allylic oxidation sites excluding steroid dienone is 1. The lowest BCUT2D eigenvalue weighted by molar-refractivity contribution is -0.136. The van der Waals surface area contributed by atoms with Gasteiger partial charge in [0.05, 0.1) is 24.0 Å². The van der Waals surface area contributed by atoms with Crippen molar-refractivity contribution < 1.29 is 18.3 Å². The molecule has 0 saturated carbocycles. The molecular formula is C24H29F3N4O. The van der Waals surface area contributed by atoms with E-state index < -0.39 is 24.0 Å². The van der Waals surface area contributed by atoms with Crippen LogP contribution in [0.25, 0.3) is 0 Å². The molecule has 2 unspecified atom stereocenters. The lowest BCUT2D eigenvalue weighted by Gasteiger charge is -2.35. The summed E-state index contributed by atoms with van der Waals surface area (Å²) in [7, 11) is 0. The lowest BCUT2D eigenvalue weighted by atomic mass is 9.89. The first-order chi connectivity index (χ1) is 15.4. The van der Waals surface area contributed by atoms with Crippen LogP contribution in [0.2, 0.25) is 0 Å². The first-order valence-corrected chi connectivity index (χ1v) is 11.1. The van der Waals surface area contributed by atoms with Gasteiger partial charge in [0.1, 0.15) is 11.4 Å². The van der Waals surface area contributed by atoms with Gasteiger partial charge in [-0.15, -0.1) is 6.58 Å². The molecule has 172 valence electrons. The van der Waals surface area contributed by atoms with Crippen LogP contribution in [0.4, 0.5) is 24.7 Å². The smallest absolute Gasteiger partial charge is 0.391 e. The lowest BCUT2D eigenvalue weighted by Crippen LogP contribution is -2.35. The van der Waals surface area contributed by atoms with Crippen molar-refractivity contribution in [1.29, 1.82) is 0 Å². The van der Waals surface area contributed by atoms with Crippen LogP contribution in [-0.2, 0) is 6.18 Å². The largest absolute Gasteiger partial charge is 0.421 e. The standard InChI is InChI=1S/C24H29F3N4O/c1-2-3-9-19(32)21-23(29-21)30-22-20(24(25,26)27)18(10-13-28-22)31-14-11-17(12-15-31)16-7-5-4-6-8-16/h2,4-8,10,13,17,19,21,23,29,32H,1,3,9,11-12,14-15H2,(H,28,30)/t19?,21?,23-/m1/s1. The van der Waals surface area contributed by atoms with Gasteiger partial charge in [-0.1, -0.05) is 36.4 Å². The Balaban J connectivity index is 1.48. The minimum absolute atomic E-state index is 0.158. The highest BCUT2D eigenvalue weighted by Crippen LogP contribution is 2.43. The number of hydrogen-bond donors (Lipinski definition) is 3. The second-order valence-corrected chi connectivity index (χ2v) is 8.47. The predicted octanol–water partition coefficient (Wildman–Crippen LogP) is 4.52. The van der Waals surface area contributed by atoms with Gasteiger partial charge in [-0.3, -0.25) is 5.32 Å². The van der Waals surface area contributed by atoms with Gasteiger partial charge in [0.25, 0.3) is 0 Å². The van der Waals surface area contributed by atoms with Gasteiger partial charge >= 0.3 is 6.18 Å². The second-order valence-electron chi connectivity index (χ2n) is 8.47. The number of halogens is 3. The van der Waals surface area contributed by atoms with Crippen LogP contribution in [0.5, 0.6) is 0 Å². The topological polar surface area (TPSA) is 70.3 Å². The maximum atomic E-state index is 14.1. The Kier molecular flexibility index (Phi) is 6.71. The van der Waals surface area contributed by atoms with Gasteiger partial charge in [0, 0.05) is 19.3 Å². The molecule has 1 aromatic carbocycles. The van der Waals surface area contributed by atoms with Crippen molar-refractivity contribution in [3.05, 3.63) is 66.4 Å². The molecule has 0 amide bonds. The summed E-state index contributed by atoms with van der Waals surface area (Å²) in [5.41, 5.74) is 0.651. The number of aliphatic hydroxyl groups excluding tert-OH is 1. The zero-order valence-corrected chi connectivity index (χ0v) is 17.9. The van der Waals surface area contributed by atoms with E-state index in [9.17, 15) is 18.3 Å². The number of nitrogens with zero attached hydrogens (tertiary/aromatic N) is 2. The van der Waals surface area contributed by atoms with Gasteiger partial charge in [-0.2, -0.15) is 13.2 Å². The monoisotopic (exact) mass is 446 g/mol. The summed E-state index contributed by atoms with van der Waals surface area (Å²) in [5.74, 6) is 0.158.